The number of fused-ring (bicyclic) bond motifs is 12. The molecule has 0 aromatic heterocycles. The summed E-state index contributed by atoms with van der Waals surface area (Å²) in [6.07, 6.45) is -11.6. The summed E-state index contributed by atoms with van der Waals surface area (Å²) in [4.78, 5) is 0. The molecule has 21 heavy (non-hydrogen) atoms. The summed E-state index contributed by atoms with van der Waals surface area (Å²) in [5, 5.41) is 0. The van der Waals surface area contributed by atoms with Crippen molar-refractivity contribution in [3.63, 3.8) is 0 Å². The molecule has 3 nitrogen and oxygen atoms in total. The first kappa shape index (κ1) is 12.7. The van der Waals surface area contributed by atoms with E-state index in [9.17, 15) is 26.3 Å². The molecule has 0 N–H and O–H groups in total. The van der Waals surface area contributed by atoms with E-state index in [0.717, 1.165) is 0 Å². The molecule has 0 aliphatic carbocycles. The number of ether oxygens (including phenoxy) is 3. The monoisotopic (exact) mass is 314 g/mol. The molecule has 0 amide bonds. The molecule has 0 saturated carbocycles. The molecule has 0 spiro atoms. The first-order valence-electron chi connectivity index (χ1n) is 6.48. The summed E-state index contributed by atoms with van der Waals surface area (Å²) in [5.74, 6) is -1.46. The number of epoxide rings is 1. The number of alkyl halides is 6. The highest BCUT2D eigenvalue weighted by atomic mass is 19.4. The summed E-state index contributed by atoms with van der Waals surface area (Å²) in [6.45, 7) is 0. The molecule has 4 saturated heterocycles. The Hall–Kier alpha value is -0.800. The molecular formula is C12H8F6O3. The average Bonchev–Trinajstić information content (AvgIpc) is 2.76. The zero-order valence-corrected chi connectivity index (χ0v) is 10.1. The van der Waals surface area contributed by atoms with E-state index in [2.05, 4.69) is 4.74 Å². The SMILES string of the molecule is FC(F)(F)[C@@]12O[C@]1(C(F)(F)F)[C@@H]1O[C@H]2[C@@H]2[C@H]1[C@H]1C=C[C@@H]2O1. The third kappa shape index (κ3) is 1.00. The van der Waals surface area contributed by atoms with Crippen LogP contribution in [-0.4, -0.2) is 48.0 Å². The quantitative estimate of drug-likeness (QED) is 0.389. The van der Waals surface area contributed by atoms with Gasteiger partial charge in [0.05, 0.1) is 12.2 Å². The van der Waals surface area contributed by atoms with Crippen LogP contribution < -0.4 is 0 Å². The molecule has 4 bridgehead atoms. The van der Waals surface area contributed by atoms with Crippen LogP contribution in [0.2, 0.25) is 0 Å². The second-order valence-electron chi connectivity index (χ2n) is 6.15. The van der Waals surface area contributed by atoms with Gasteiger partial charge in [0.25, 0.3) is 0 Å². The molecule has 8 atom stereocenters. The van der Waals surface area contributed by atoms with E-state index in [1.54, 1.807) is 12.2 Å². The van der Waals surface area contributed by atoms with E-state index in [0.29, 0.717) is 0 Å². The standard InChI is InChI=1S/C12H8F6O3/c13-11(14,15)9-7-5-3-1-2-4(19-3)6(5)8(20-7)10(9,21-9)12(16,17)18/h1-8H/t3-,4+,5-,6+,7-,8+,9-,10+. The van der Waals surface area contributed by atoms with Crippen molar-refractivity contribution < 1.29 is 40.6 Å². The Bertz CT molecular complexity index is 524. The van der Waals surface area contributed by atoms with E-state index in [4.69, 9.17) is 9.47 Å². The van der Waals surface area contributed by atoms with Crippen LogP contribution in [0.25, 0.3) is 0 Å². The van der Waals surface area contributed by atoms with Crippen molar-refractivity contribution in [2.45, 2.75) is 48.0 Å². The minimum Gasteiger partial charge on any atom is -0.367 e. The summed E-state index contributed by atoms with van der Waals surface area (Å²) >= 11 is 0. The van der Waals surface area contributed by atoms with Gasteiger partial charge in [0.1, 0.15) is 12.2 Å². The maximum Gasteiger partial charge on any atom is 0.423 e. The molecule has 0 radical (unpaired) electrons. The van der Waals surface area contributed by atoms with Gasteiger partial charge >= 0.3 is 12.4 Å². The lowest BCUT2D eigenvalue weighted by Crippen LogP contribution is -2.60. The third-order valence-corrected chi connectivity index (χ3v) is 5.48. The molecule has 5 heterocycles. The van der Waals surface area contributed by atoms with Crippen LogP contribution in [0.5, 0.6) is 0 Å². The normalized spacial score (nSPS) is 59.5. The Kier molecular flexibility index (Phi) is 1.80. The first-order chi connectivity index (χ1) is 9.65. The summed E-state index contributed by atoms with van der Waals surface area (Å²) < 4.78 is 95.2. The molecule has 0 aromatic carbocycles. The Morgan fingerprint density at radius 2 is 1.14 bits per heavy atom. The van der Waals surface area contributed by atoms with Crippen LogP contribution in [-0.2, 0) is 14.2 Å². The van der Waals surface area contributed by atoms with Gasteiger partial charge in [-0.1, -0.05) is 12.2 Å². The highest BCUT2D eigenvalue weighted by Crippen LogP contribution is 2.79. The van der Waals surface area contributed by atoms with Gasteiger partial charge < -0.3 is 14.2 Å². The van der Waals surface area contributed by atoms with Crippen molar-refractivity contribution in [1.29, 1.82) is 0 Å². The lowest BCUT2D eigenvalue weighted by molar-refractivity contribution is -0.215. The smallest absolute Gasteiger partial charge is 0.367 e. The van der Waals surface area contributed by atoms with Crippen LogP contribution in [0.4, 0.5) is 26.3 Å². The van der Waals surface area contributed by atoms with Crippen molar-refractivity contribution in [3.8, 4) is 0 Å². The fourth-order valence-corrected chi connectivity index (χ4v) is 4.82. The number of rotatable bonds is 0. The van der Waals surface area contributed by atoms with Crippen molar-refractivity contribution in [1.82, 2.24) is 0 Å². The van der Waals surface area contributed by atoms with Crippen LogP contribution in [0, 0.1) is 11.8 Å². The maximum atomic E-state index is 13.4. The number of hydrogen-bond donors (Lipinski definition) is 0. The van der Waals surface area contributed by atoms with Gasteiger partial charge in [-0.3, -0.25) is 0 Å². The largest absolute Gasteiger partial charge is 0.423 e. The predicted molar refractivity (Wildman–Crippen MR) is 52.1 cm³/mol. The van der Waals surface area contributed by atoms with Crippen molar-refractivity contribution >= 4 is 0 Å². The van der Waals surface area contributed by atoms with Gasteiger partial charge in [0.2, 0.25) is 11.2 Å². The minimum atomic E-state index is -5.14. The zero-order chi connectivity index (χ0) is 15.0. The third-order valence-electron chi connectivity index (χ3n) is 5.48. The second-order valence-corrected chi connectivity index (χ2v) is 6.15. The lowest BCUT2D eigenvalue weighted by Gasteiger charge is -2.33. The number of hydrogen-bond acceptors (Lipinski definition) is 3. The van der Waals surface area contributed by atoms with E-state index < -0.39 is 59.8 Å². The molecule has 4 fully saturated rings. The maximum absolute atomic E-state index is 13.4. The van der Waals surface area contributed by atoms with Crippen LogP contribution in [0.15, 0.2) is 12.2 Å². The Labute approximate surface area is 113 Å². The summed E-state index contributed by atoms with van der Waals surface area (Å²) in [7, 11) is 0. The molecule has 9 heteroatoms. The molecule has 0 aromatic rings. The van der Waals surface area contributed by atoms with Crippen LogP contribution in [0.1, 0.15) is 0 Å². The molecule has 116 valence electrons. The Morgan fingerprint density at radius 1 is 0.714 bits per heavy atom. The predicted octanol–water partition coefficient (Wildman–Crippen LogP) is 1.97. The van der Waals surface area contributed by atoms with Crippen molar-refractivity contribution in [2.24, 2.45) is 11.8 Å². The van der Waals surface area contributed by atoms with Gasteiger partial charge in [-0.05, 0) is 0 Å². The highest BCUT2D eigenvalue weighted by Gasteiger charge is 3.04. The Morgan fingerprint density at radius 3 is 1.52 bits per heavy atom. The minimum absolute atomic E-state index is 0.621. The van der Waals surface area contributed by atoms with Gasteiger partial charge in [0, 0.05) is 11.8 Å². The molecule has 0 unspecified atom stereocenters. The summed E-state index contributed by atoms with van der Waals surface area (Å²) in [5.41, 5.74) is -6.54. The number of halogens is 6. The van der Waals surface area contributed by atoms with Gasteiger partial charge in [-0.25, -0.2) is 0 Å². The van der Waals surface area contributed by atoms with Crippen LogP contribution >= 0.6 is 0 Å². The van der Waals surface area contributed by atoms with E-state index in [1.165, 1.54) is 0 Å². The van der Waals surface area contributed by atoms with Crippen LogP contribution in [0.3, 0.4) is 0 Å². The summed E-state index contributed by atoms with van der Waals surface area (Å²) in [6, 6.07) is 0. The second kappa shape index (κ2) is 2.98. The molecule has 5 rings (SSSR count). The van der Waals surface area contributed by atoms with Crippen molar-refractivity contribution in [3.05, 3.63) is 12.2 Å². The van der Waals surface area contributed by atoms with E-state index in [-0.39, 0.29) is 0 Å². The van der Waals surface area contributed by atoms with Crippen molar-refractivity contribution in [2.75, 3.05) is 0 Å². The van der Waals surface area contributed by atoms with Gasteiger partial charge in [-0.2, -0.15) is 26.3 Å². The topological polar surface area (TPSA) is 31.0 Å². The van der Waals surface area contributed by atoms with Gasteiger partial charge in [-0.15, -0.1) is 0 Å². The van der Waals surface area contributed by atoms with E-state index >= 15 is 0 Å². The van der Waals surface area contributed by atoms with Gasteiger partial charge in [0.15, 0.2) is 0 Å². The molecular weight excluding hydrogens is 306 g/mol. The average molecular weight is 314 g/mol. The first-order valence-corrected chi connectivity index (χ1v) is 6.48. The van der Waals surface area contributed by atoms with E-state index in [1.807, 2.05) is 0 Å². The fraction of sp³-hybridized carbons (Fsp3) is 0.833. The lowest BCUT2D eigenvalue weighted by atomic mass is 9.64. The Balaban J connectivity index is 1.68. The molecule has 5 aliphatic rings. The molecule has 5 aliphatic heterocycles. The highest BCUT2D eigenvalue weighted by molar-refractivity contribution is 5.42. The zero-order valence-electron chi connectivity index (χ0n) is 10.1. The fourth-order valence-electron chi connectivity index (χ4n) is 4.82.